The van der Waals surface area contributed by atoms with Crippen LogP contribution < -0.4 is 20.1 Å². The van der Waals surface area contributed by atoms with Gasteiger partial charge in [-0.05, 0) is 62.7 Å². The average Bonchev–Trinajstić information content (AvgIpc) is 3.00. The molecule has 0 bridgehead atoms. The van der Waals surface area contributed by atoms with E-state index in [1.807, 2.05) is 32.0 Å². The van der Waals surface area contributed by atoms with Crippen molar-refractivity contribution in [2.24, 2.45) is 0 Å². The molecule has 1 aliphatic rings. The summed E-state index contributed by atoms with van der Waals surface area (Å²) < 4.78 is 26.6. The molecule has 4 aromatic rings. The minimum absolute atomic E-state index is 0.0138. The van der Waals surface area contributed by atoms with Crippen molar-refractivity contribution in [1.29, 1.82) is 0 Å². The van der Waals surface area contributed by atoms with Gasteiger partial charge >= 0.3 is 0 Å². The Morgan fingerprint density at radius 3 is 2.48 bits per heavy atom. The van der Waals surface area contributed by atoms with Crippen molar-refractivity contribution in [2.75, 3.05) is 57.0 Å². The number of aryl methyl sites for hydroxylation is 2. The Kier molecular flexibility index (Phi) is 10.3. The SMILES string of the molecule is Cc1cccc(C)c1NC(=O)c1cnc(Nc2ccc(OCCCN3CCN(C)CC3)c(F)c2)nc1Oc1ccccc1Cl. The smallest absolute Gasteiger partial charge is 0.262 e. The molecule has 44 heavy (non-hydrogen) atoms. The van der Waals surface area contributed by atoms with Crippen LogP contribution in [-0.4, -0.2) is 72.1 Å². The topological polar surface area (TPSA) is 91.8 Å². The molecule has 1 fully saturated rings. The molecular weight excluding hydrogens is 583 g/mol. The molecular formula is C33H36ClFN6O3. The van der Waals surface area contributed by atoms with Gasteiger partial charge in [-0.25, -0.2) is 9.37 Å². The third-order valence-corrected chi connectivity index (χ3v) is 7.73. The van der Waals surface area contributed by atoms with E-state index >= 15 is 0 Å². The molecule has 9 nitrogen and oxygen atoms in total. The van der Waals surface area contributed by atoms with Gasteiger partial charge in [0.05, 0.1) is 11.6 Å². The maximum atomic E-state index is 14.9. The molecule has 2 N–H and O–H groups in total. The number of carbonyl (C=O) groups is 1. The average molecular weight is 619 g/mol. The zero-order chi connectivity index (χ0) is 31.1. The second-order valence-corrected chi connectivity index (χ2v) is 11.2. The zero-order valence-corrected chi connectivity index (χ0v) is 25.8. The first-order chi connectivity index (χ1) is 21.3. The Hall–Kier alpha value is -4.25. The molecule has 3 aromatic carbocycles. The molecule has 5 rings (SSSR count). The van der Waals surface area contributed by atoms with Gasteiger partial charge in [0.2, 0.25) is 11.8 Å². The lowest BCUT2D eigenvalue weighted by Gasteiger charge is -2.32. The number of nitrogens with zero attached hydrogens (tertiary/aromatic N) is 4. The fourth-order valence-electron chi connectivity index (χ4n) is 4.85. The van der Waals surface area contributed by atoms with Gasteiger partial charge in [-0.2, -0.15) is 4.98 Å². The second-order valence-electron chi connectivity index (χ2n) is 10.8. The summed E-state index contributed by atoms with van der Waals surface area (Å²) in [5, 5.41) is 6.28. The number of anilines is 3. The Balaban J connectivity index is 1.28. The first-order valence-corrected chi connectivity index (χ1v) is 14.9. The molecule has 0 spiro atoms. The first kappa shape index (κ1) is 31.2. The van der Waals surface area contributed by atoms with Gasteiger partial charge in [0, 0.05) is 56.4 Å². The van der Waals surface area contributed by atoms with Crippen LogP contribution in [0.2, 0.25) is 5.02 Å². The van der Waals surface area contributed by atoms with E-state index in [0.717, 1.165) is 50.3 Å². The standard InChI is InChI=1S/C33H36ClFN6O3/c1-22-8-6-9-23(2)30(22)38-31(42)25-21-36-33(39-32(25)44-28-11-5-4-10-26(28)34)37-24-12-13-29(27(35)20-24)43-19-7-14-41-17-15-40(3)16-18-41/h4-6,8-13,20-21H,7,14-19H2,1-3H3,(H,38,42)(H,36,37,39). The number of ether oxygens (including phenoxy) is 2. The van der Waals surface area contributed by atoms with Gasteiger partial charge in [-0.3, -0.25) is 4.79 Å². The molecule has 230 valence electrons. The van der Waals surface area contributed by atoms with Gasteiger partial charge in [0.25, 0.3) is 5.91 Å². The summed E-state index contributed by atoms with van der Waals surface area (Å²) in [5.41, 5.74) is 3.03. The monoisotopic (exact) mass is 618 g/mol. The van der Waals surface area contributed by atoms with Crippen LogP contribution in [0.15, 0.2) is 66.9 Å². The number of benzene rings is 3. The van der Waals surface area contributed by atoms with Gasteiger partial charge in [0.15, 0.2) is 11.6 Å². The van der Waals surface area contributed by atoms with E-state index in [-0.39, 0.29) is 23.1 Å². The lowest BCUT2D eigenvalue weighted by Crippen LogP contribution is -2.44. The van der Waals surface area contributed by atoms with Crippen molar-refractivity contribution in [3.63, 3.8) is 0 Å². The summed E-state index contributed by atoms with van der Waals surface area (Å²) in [6.07, 6.45) is 2.17. The summed E-state index contributed by atoms with van der Waals surface area (Å²) in [4.78, 5) is 26.9. The fraction of sp³-hybridized carbons (Fsp3) is 0.303. The number of para-hydroxylation sites is 2. The summed E-state index contributed by atoms with van der Waals surface area (Å²) in [6.45, 7) is 9.37. The normalized spacial score (nSPS) is 13.8. The van der Waals surface area contributed by atoms with Crippen molar-refractivity contribution >= 4 is 34.8 Å². The zero-order valence-electron chi connectivity index (χ0n) is 25.1. The number of piperazine rings is 1. The first-order valence-electron chi connectivity index (χ1n) is 14.5. The summed E-state index contributed by atoms with van der Waals surface area (Å²) in [6, 6.07) is 17.2. The van der Waals surface area contributed by atoms with E-state index < -0.39 is 11.7 Å². The minimum atomic E-state index is -0.508. The number of hydrogen-bond acceptors (Lipinski definition) is 8. The minimum Gasteiger partial charge on any atom is -0.490 e. The van der Waals surface area contributed by atoms with Crippen molar-refractivity contribution < 1.29 is 18.7 Å². The molecule has 0 radical (unpaired) electrons. The van der Waals surface area contributed by atoms with Crippen molar-refractivity contribution in [3.05, 3.63) is 94.4 Å². The van der Waals surface area contributed by atoms with Crippen LogP contribution in [0.4, 0.5) is 21.7 Å². The largest absolute Gasteiger partial charge is 0.490 e. The fourth-order valence-corrected chi connectivity index (χ4v) is 5.02. The van der Waals surface area contributed by atoms with Gasteiger partial charge in [-0.15, -0.1) is 0 Å². The van der Waals surface area contributed by atoms with E-state index in [1.54, 1.807) is 36.4 Å². The Labute approximate surface area is 262 Å². The molecule has 0 unspecified atom stereocenters. The molecule has 0 saturated carbocycles. The lowest BCUT2D eigenvalue weighted by atomic mass is 10.1. The van der Waals surface area contributed by atoms with Crippen LogP contribution in [0.1, 0.15) is 27.9 Å². The highest BCUT2D eigenvalue weighted by Crippen LogP contribution is 2.32. The molecule has 0 atom stereocenters. The Bertz CT molecular complexity index is 1590. The highest BCUT2D eigenvalue weighted by atomic mass is 35.5. The maximum Gasteiger partial charge on any atom is 0.262 e. The molecule has 11 heteroatoms. The van der Waals surface area contributed by atoms with Crippen LogP contribution in [0.5, 0.6) is 17.4 Å². The Morgan fingerprint density at radius 1 is 1.00 bits per heavy atom. The molecule has 0 aliphatic carbocycles. The van der Waals surface area contributed by atoms with E-state index in [4.69, 9.17) is 21.1 Å². The molecule has 1 aromatic heterocycles. The van der Waals surface area contributed by atoms with E-state index in [9.17, 15) is 9.18 Å². The number of hydrogen-bond donors (Lipinski definition) is 2. The number of amides is 1. The second kappa shape index (κ2) is 14.5. The maximum absolute atomic E-state index is 14.9. The van der Waals surface area contributed by atoms with E-state index in [1.165, 1.54) is 12.3 Å². The number of nitrogens with one attached hydrogen (secondary N) is 2. The van der Waals surface area contributed by atoms with Gasteiger partial charge in [0.1, 0.15) is 11.3 Å². The third kappa shape index (κ3) is 8.02. The Morgan fingerprint density at radius 2 is 1.75 bits per heavy atom. The van der Waals surface area contributed by atoms with E-state index in [2.05, 4.69) is 37.4 Å². The van der Waals surface area contributed by atoms with Crippen molar-refractivity contribution in [3.8, 4) is 17.4 Å². The molecule has 2 heterocycles. The summed E-state index contributed by atoms with van der Waals surface area (Å²) >= 11 is 6.33. The van der Waals surface area contributed by atoms with Crippen LogP contribution in [0.3, 0.4) is 0 Å². The number of aromatic nitrogens is 2. The number of halogens is 2. The van der Waals surface area contributed by atoms with Gasteiger partial charge < -0.3 is 29.9 Å². The van der Waals surface area contributed by atoms with Crippen molar-refractivity contribution in [2.45, 2.75) is 20.3 Å². The highest BCUT2D eigenvalue weighted by Gasteiger charge is 2.20. The van der Waals surface area contributed by atoms with Crippen molar-refractivity contribution in [1.82, 2.24) is 19.8 Å². The molecule has 1 saturated heterocycles. The third-order valence-electron chi connectivity index (χ3n) is 7.42. The quantitative estimate of drug-likeness (QED) is 0.180. The number of carbonyl (C=O) groups excluding carboxylic acids is 1. The van der Waals surface area contributed by atoms with Crippen LogP contribution in [-0.2, 0) is 0 Å². The molecule has 1 amide bonds. The highest BCUT2D eigenvalue weighted by molar-refractivity contribution is 6.32. The number of likely N-dealkylation sites (N-methyl/N-ethyl adjacent to an activating group) is 1. The lowest BCUT2D eigenvalue weighted by molar-refractivity contribution is 0.102. The predicted molar refractivity (Wildman–Crippen MR) is 171 cm³/mol. The summed E-state index contributed by atoms with van der Waals surface area (Å²) in [7, 11) is 2.13. The summed E-state index contributed by atoms with van der Waals surface area (Å²) in [5.74, 6) is -0.366. The van der Waals surface area contributed by atoms with Crippen LogP contribution >= 0.6 is 11.6 Å². The van der Waals surface area contributed by atoms with Crippen LogP contribution in [0, 0.1) is 19.7 Å². The van der Waals surface area contributed by atoms with Crippen LogP contribution in [0.25, 0.3) is 0 Å². The van der Waals surface area contributed by atoms with Gasteiger partial charge in [-0.1, -0.05) is 41.9 Å². The predicted octanol–water partition coefficient (Wildman–Crippen LogP) is 6.69. The molecule has 1 aliphatic heterocycles. The number of rotatable bonds is 11. The van der Waals surface area contributed by atoms with E-state index in [0.29, 0.717) is 28.8 Å².